The Balaban J connectivity index is 2.12. The van der Waals surface area contributed by atoms with Crippen LogP contribution in [-0.4, -0.2) is 12.6 Å². The van der Waals surface area contributed by atoms with Crippen molar-refractivity contribution in [1.29, 1.82) is 0 Å². The van der Waals surface area contributed by atoms with Gasteiger partial charge in [-0.25, -0.2) is 4.79 Å². The average molecular weight is 525 g/mol. The van der Waals surface area contributed by atoms with Crippen LogP contribution in [0.1, 0.15) is 138 Å². The summed E-state index contributed by atoms with van der Waals surface area (Å²) in [5.41, 5.74) is -3.85. The van der Waals surface area contributed by atoms with E-state index in [0.717, 1.165) is 25.7 Å². The van der Waals surface area contributed by atoms with E-state index in [9.17, 15) is 31.1 Å². The molecule has 0 atom stereocenters. The van der Waals surface area contributed by atoms with E-state index < -0.39 is 35.0 Å². The van der Waals surface area contributed by atoms with Gasteiger partial charge in [0.25, 0.3) is 0 Å². The molecule has 0 aliphatic carbocycles. The van der Waals surface area contributed by atoms with Crippen LogP contribution in [0.15, 0.2) is 18.2 Å². The number of rotatable bonds is 19. The highest BCUT2D eigenvalue weighted by Gasteiger charge is 2.39. The molecule has 0 amide bonds. The second-order valence-electron chi connectivity index (χ2n) is 9.55. The monoisotopic (exact) mass is 524 g/mol. The maximum atomic E-state index is 13.1. The van der Waals surface area contributed by atoms with Crippen molar-refractivity contribution in [3.63, 3.8) is 0 Å². The Hall–Kier alpha value is -1.73. The van der Waals surface area contributed by atoms with Crippen LogP contribution in [0, 0.1) is 0 Å². The van der Waals surface area contributed by atoms with E-state index in [0.29, 0.717) is 12.5 Å². The fourth-order valence-corrected chi connectivity index (χ4v) is 4.21. The Labute approximate surface area is 212 Å². The summed E-state index contributed by atoms with van der Waals surface area (Å²) in [5, 5.41) is 0. The minimum absolute atomic E-state index is 0.120. The molecule has 0 aliphatic rings. The Morgan fingerprint density at radius 3 is 1.44 bits per heavy atom. The van der Waals surface area contributed by atoms with Gasteiger partial charge in [0.15, 0.2) is 0 Å². The fraction of sp³-hybridized carbons (Fsp3) is 0.750. The second-order valence-corrected chi connectivity index (χ2v) is 9.55. The minimum Gasteiger partial charge on any atom is -0.462 e. The van der Waals surface area contributed by atoms with Crippen molar-refractivity contribution < 1.29 is 35.9 Å². The molecule has 0 aromatic heterocycles. The van der Waals surface area contributed by atoms with Crippen molar-refractivity contribution in [3.05, 3.63) is 34.9 Å². The molecule has 0 fully saturated rings. The molecule has 208 valence electrons. The van der Waals surface area contributed by atoms with Crippen molar-refractivity contribution in [1.82, 2.24) is 0 Å². The molecule has 1 aromatic rings. The van der Waals surface area contributed by atoms with Crippen LogP contribution in [0.25, 0.3) is 0 Å². The Morgan fingerprint density at radius 2 is 1.06 bits per heavy atom. The molecule has 0 spiro atoms. The standard InChI is InChI=1S/C28H42F6O2/c1-2-3-4-5-6-7-8-9-10-11-12-13-14-15-16-17-18-21-36-26(35)24-22-23(27(29,30)31)19-20-25(24)28(32,33)34/h19-20,22H,2-18,21H2,1H3. The van der Waals surface area contributed by atoms with Gasteiger partial charge in [-0.15, -0.1) is 0 Å². The summed E-state index contributed by atoms with van der Waals surface area (Å²) in [6, 6.07) is 0.797. The molecule has 0 heterocycles. The van der Waals surface area contributed by atoms with Crippen molar-refractivity contribution in [2.24, 2.45) is 0 Å². The van der Waals surface area contributed by atoms with Crippen LogP contribution in [0.3, 0.4) is 0 Å². The lowest BCUT2D eigenvalue weighted by atomic mass is 10.0. The van der Waals surface area contributed by atoms with E-state index in [4.69, 9.17) is 4.74 Å². The molecule has 0 bridgehead atoms. The molecule has 0 unspecified atom stereocenters. The summed E-state index contributed by atoms with van der Waals surface area (Å²) in [6.45, 7) is 2.11. The summed E-state index contributed by atoms with van der Waals surface area (Å²) in [6.07, 6.45) is 10.2. The van der Waals surface area contributed by atoms with Crippen molar-refractivity contribution in [2.45, 2.75) is 128 Å². The van der Waals surface area contributed by atoms with Crippen LogP contribution in [0.4, 0.5) is 26.3 Å². The smallest absolute Gasteiger partial charge is 0.417 e. The lowest BCUT2D eigenvalue weighted by molar-refractivity contribution is -0.141. The first kappa shape index (κ1) is 32.3. The van der Waals surface area contributed by atoms with E-state index >= 15 is 0 Å². The number of esters is 1. The fourth-order valence-electron chi connectivity index (χ4n) is 4.21. The highest BCUT2D eigenvalue weighted by molar-refractivity contribution is 5.91. The molecule has 1 rings (SSSR count). The predicted molar refractivity (Wildman–Crippen MR) is 131 cm³/mol. The van der Waals surface area contributed by atoms with Crippen molar-refractivity contribution in [2.75, 3.05) is 6.61 Å². The van der Waals surface area contributed by atoms with Gasteiger partial charge in [-0.3, -0.25) is 0 Å². The van der Waals surface area contributed by atoms with Crippen LogP contribution in [0.2, 0.25) is 0 Å². The topological polar surface area (TPSA) is 26.3 Å². The number of carbonyl (C=O) groups excluding carboxylic acids is 1. The van der Waals surface area contributed by atoms with Crippen molar-refractivity contribution in [3.8, 4) is 0 Å². The van der Waals surface area contributed by atoms with Crippen LogP contribution >= 0.6 is 0 Å². The van der Waals surface area contributed by atoms with E-state index in [-0.39, 0.29) is 18.7 Å². The van der Waals surface area contributed by atoms with E-state index in [1.54, 1.807) is 0 Å². The zero-order valence-corrected chi connectivity index (χ0v) is 21.5. The quantitative estimate of drug-likeness (QED) is 0.102. The molecule has 2 nitrogen and oxygen atoms in total. The minimum atomic E-state index is -4.95. The van der Waals surface area contributed by atoms with Crippen LogP contribution in [-0.2, 0) is 17.1 Å². The zero-order chi connectivity index (χ0) is 26.9. The van der Waals surface area contributed by atoms with Gasteiger partial charge in [0.2, 0.25) is 0 Å². The number of halogens is 6. The highest BCUT2D eigenvalue weighted by Crippen LogP contribution is 2.36. The second kappa shape index (κ2) is 17.7. The Bertz CT molecular complexity index is 728. The van der Waals surface area contributed by atoms with Gasteiger partial charge in [0, 0.05) is 0 Å². The summed E-state index contributed by atoms with van der Waals surface area (Å²) in [7, 11) is 0. The lowest BCUT2D eigenvalue weighted by Crippen LogP contribution is -2.17. The van der Waals surface area contributed by atoms with Crippen LogP contribution < -0.4 is 0 Å². The molecule has 1 aromatic carbocycles. The first-order chi connectivity index (χ1) is 17.1. The van der Waals surface area contributed by atoms with Gasteiger partial charge in [0.05, 0.1) is 23.3 Å². The van der Waals surface area contributed by atoms with Gasteiger partial charge in [-0.05, 0) is 24.6 Å². The maximum absolute atomic E-state index is 13.1. The van der Waals surface area contributed by atoms with Gasteiger partial charge >= 0.3 is 18.3 Å². The van der Waals surface area contributed by atoms with E-state index in [1.807, 2.05) is 0 Å². The third-order valence-electron chi connectivity index (χ3n) is 6.35. The molecular weight excluding hydrogens is 482 g/mol. The van der Waals surface area contributed by atoms with Crippen LogP contribution in [0.5, 0.6) is 0 Å². The largest absolute Gasteiger partial charge is 0.462 e. The molecule has 8 heteroatoms. The molecule has 36 heavy (non-hydrogen) atoms. The Kier molecular flexibility index (Phi) is 15.9. The normalized spacial score (nSPS) is 12.2. The number of carbonyl (C=O) groups is 1. The van der Waals surface area contributed by atoms with E-state index in [2.05, 4.69) is 6.92 Å². The third-order valence-corrected chi connectivity index (χ3v) is 6.35. The predicted octanol–water partition coefficient (Wildman–Crippen LogP) is 10.5. The molecule has 0 saturated carbocycles. The molecule has 0 saturated heterocycles. The number of benzene rings is 1. The third kappa shape index (κ3) is 14.1. The number of alkyl halides is 6. The van der Waals surface area contributed by atoms with Gasteiger partial charge in [0.1, 0.15) is 0 Å². The molecule has 0 N–H and O–H groups in total. The van der Waals surface area contributed by atoms with E-state index in [1.165, 1.54) is 77.0 Å². The molecular formula is C28H42F6O2. The highest BCUT2D eigenvalue weighted by atomic mass is 19.4. The number of hydrogen-bond acceptors (Lipinski definition) is 2. The Morgan fingerprint density at radius 1 is 0.639 bits per heavy atom. The first-order valence-corrected chi connectivity index (χ1v) is 13.5. The number of unbranched alkanes of at least 4 members (excludes halogenated alkanes) is 16. The summed E-state index contributed by atoms with van der Waals surface area (Å²) >= 11 is 0. The zero-order valence-electron chi connectivity index (χ0n) is 21.5. The molecule has 0 radical (unpaired) electrons. The average Bonchev–Trinajstić information content (AvgIpc) is 2.81. The first-order valence-electron chi connectivity index (χ1n) is 13.5. The lowest BCUT2D eigenvalue weighted by Gasteiger charge is -2.15. The summed E-state index contributed by atoms with van der Waals surface area (Å²) < 4.78 is 82.7. The van der Waals surface area contributed by atoms with Gasteiger partial charge in [-0.2, -0.15) is 26.3 Å². The summed E-state index contributed by atoms with van der Waals surface area (Å²) in [5.74, 6) is -1.38. The molecule has 0 aliphatic heterocycles. The summed E-state index contributed by atoms with van der Waals surface area (Å²) in [4.78, 5) is 12.1. The number of ether oxygens (including phenoxy) is 1. The van der Waals surface area contributed by atoms with Gasteiger partial charge in [-0.1, -0.05) is 110 Å². The SMILES string of the molecule is CCCCCCCCCCCCCCCCCCCOC(=O)c1cc(C(F)(F)F)ccc1C(F)(F)F. The number of hydrogen-bond donors (Lipinski definition) is 0. The van der Waals surface area contributed by atoms with Gasteiger partial charge < -0.3 is 4.74 Å². The van der Waals surface area contributed by atoms with Crippen molar-refractivity contribution >= 4 is 5.97 Å². The maximum Gasteiger partial charge on any atom is 0.417 e.